The molecule has 1 aliphatic heterocycles. The maximum Gasteiger partial charge on any atom is 0.410 e. The summed E-state index contributed by atoms with van der Waals surface area (Å²) in [5.74, 6) is -1.65. The van der Waals surface area contributed by atoms with Crippen LogP contribution in [0, 0.1) is 0 Å². The summed E-state index contributed by atoms with van der Waals surface area (Å²) in [6.45, 7) is 0.507. The summed E-state index contributed by atoms with van der Waals surface area (Å²) < 4.78 is 5.14. The van der Waals surface area contributed by atoms with E-state index in [9.17, 15) is 19.5 Å². The smallest absolute Gasteiger partial charge is 0.410 e. The van der Waals surface area contributed by atoms with E-state index < -0.39 is 34.8 Å². The third-order valence-electron chi connectivity index (χ3n) is 9.75. The van der Waals surface area contributed by atoms with Gasteiger partial charge < -0.3 is 15.2 Å². The summed E-state index contributed by atoms with van der Waals surface area (Å²) in [6.07, 6.45) is 0.479. The first-order valence-electron chi connectivity index (χ1n) is 16.9. The average molecular weight is 683 g/mol. The van der Waals surface area contributed by atoms with Crippen molar-refractivity contribution in [3.05, 3.63) is 167 Å². The largest absolute Gasteiger partial charge is 0.480 e. The number of aliphatic carboxylic acids is 1. The predicted molar refractivity (Wildman–Crippen MR) is 196 cm³/mol. The second-order valence-electron chi connectivity index (χ2n) is 12.6. The molecule has 0 spiro atoms. The van der Waals surface area contributed by atoms with Crippen LogP contribution < -0.4 is 5.32 Å². The van der Waals surface area contributed by atoms with E-state index in [4.69, 9.17) is 4.74 Å². The maximum atomic E-state index is 13.8. The van der Waals surface area contributed by atoms with Crippen LogP contribution in [0.25, 0.3) is 11.1 Å². The zero-order valence-corrected chi connectivity index (χ0v) is 28.3. The van der Waals surface area contributed by atoms with Gasteiger partial charge >= 0.3 is 12.1 Å². The van der Waals surface area contributed by atoms with Gasteiger partial charge in [0.05, 0.1) is 4.75 Å². The van der Waals surface area contributed by atoms with Gasteiger partial charge in [0.15, 0.2) is 0 Å². The second kappa shape index (κ2) is 14.6. The second-order valence-corrected chi connectivity index (χ2v) is 13.9. The molecular weight excluding hydrogens is 645 g/mol. The van der Waals surface area contributed by atoms with E-state index in [-0.39, 0.29) is 18.3 Å². The molecule has 0 radical (unpaired) electrons. The highest BCUT2D eigenvalue weighted by atomic mass is 32.2. The number of carboxylic acids is 1. The number of hydrogen-bond donors (Lipinski definition) is 2. The van der Waals surface area contributed by atoms with Gasteiger partial charge in [-0.3, -0.25) is 9.69 Å². The van der Waals surface area contributed by atoms with E-state index in [2.05, 4.69) is 29.6 Å². The zero-order chi connectivity index (χ0) is 34.5. The van der Waals surface area contributed by atoms with Gasteiger partial charge in [-0.15, -0.1) is 11.8 Å². The lowest BCUT2D eigenvalue weighted by atomic mass is 9.84. The molecule has 7 nitrogen and oxygen atoms in total. The van der Waals surface area contributed by atoms with Gasteiger partial charge in [-0.05, 0) is 51.8 Å². The van der Waals surface area contributed by atoms with E-state index in [0.29, 0.717) is 19.4 Å². The molecule has 5 aromatic carbocycles. The number of nitrogens with zero attached hydrogens (tertiary/aromatic N) is 1. The van der Waals surface area contributed by atoms with Gasteiger partial charge in [0.1, 0.15) is 18.7 Å². The average Bonchev–Trinajstić information content (AvgIpc) is 3.79. The standard InChI is InChI=1S/C42H38N2O5S/c45-39(38-25-14-26-44(38)41(48)49-27-36-34-23-12-10-21-32(34)33-22-11-13-24-35(33)36)43-37(40(46)47)28-50-42(29-15-4-1-5-16-29,30-17-6-2-7-18-30)31-19-8-3-9-20-31/h1-13,15-24,36-38H,14,25-28H2,(H,43,45)(H,46,47)/t37-,38-/m0/s1. The quantitative estimate of drug-likeness (QED) is 0.139. The first-order valence-corrected chi connectivity index (χ1v) is 17.9. The minimum absolute atomic E-state index is 0.0808. The van der Waals surface area contributed by atoms with Crippen molar-refractivity contribution in [2.24, 2.45) is 0 Å². The van der Waals surface area contributed by atoms with Crippen LogP contribution >= 0.6 is 11.8 Å². The number of nitrogens with one attached hydrogen (secondary N) is 1. The molecule has 1 aliphatic carbocycles. The van der Waals surface area contributed by atoms with Crippen LogP contribution in [0.4, 0.5) is 4.79 Å². The van der Waals surface area contributed by atoms with Gasteiger partial charge in [0.25, 0.3) is 0 Å². The summed E-state index contributed by atoms with van der Waals surface area (Å²) in [7, 11) is 0. The lowest BCUT2D eigenvalue weighted by Gasteiger charge is -2.36. The van der Waals surface area contributed by atoms with Gasteiger partial charge in [0, 0.05) is 18.2 Å². The van der Waals surface area contributed by atoms with E-state index in [0.717, 1.165) is 38.9 Å². The normalized spacial score (nSPS) is 15.9. The number of rotatable bonds is 11. The van der Waals surface area contributed by atoms with Crippen molar-refractivity contribution >= 4 is 29.7 Å². The lowest BCUT2D eigenvalue weighted by molar-refractivity contribution is -0.141. The van der Waals surface area contributed by atoms with Gasteiger partial charge in [0.2, 0.25) is 5.91 Å². The fourth-order valence-corrected chi connectivity index (χ4v) is 8.91. The number of benzene rings is 5. The molecule has 0 unspecified atom stereocenters. The van der Waals surface area contributed by atoms with Crippen molar-refractivity contribution in [3.63, 3.8) is 0 Å². The third-order valence-corrected chi connectivity index (χ3v) is 11.4. The van der Waals surface area contributed by atoms with Crippen LogP contribution in [0.1, 0.15) is 46.6 Å². The number of carbonyl (C=O) groups excluding carboxylic acids is 2. The summed E-state index contributed by atoms with van der Waals surface area (Å²) in [5, 5.41) is 13.2. The Balaban J connectivity index is 1.07. The number of likely N-dealkylation sites (tertiary alicyclic amines) is 1. The minimum atomic E-state index is -1.20. The van der Waals surface area contributed by atoms with Crippen LogP contribution in [0.5, 0.6) is 0 Å². The van der Waals surface area contributed by atoms with Crippen LogP contribution in [-0.4, -0.2) is 59.0 Å². The lowest BCUT2D eigenvalue weighted by Crippen LogP contribution is -2.52. The predicted octanol–water partition coefficient (Wildman–Crippen LogP) is 7.69. The molecule has 1 fully saturated rings. The number of amides is 2. The molecule has 1 saturated heterocycles. The first-order chi connectivity index (χ1) is 24.5. The van der Waals surface area contributed by atoms with Crippen LogP contribution in [-0.2, 0) is 19.1 Å². The monoisotopic (exact) mass is 682 g/mol. The molecule has 2 amide bonds. The van der Waals surface area contributed by atoms with Crippen LogP contribution in [0.15, 0.2) is 140 Å². The fraction of sp³-hybridized carbons (Fsp3) is 0.214. The fourth-order valence-electron chi connectivity index (χ4n) is 7.35. The third kappa shape index (κ3) is 6.39. The molecular formula is C42H38N2O5S. The number of hydrogen-bond acceptors (Lipinski definition) is 5. The highest BCUT2D eigenvalue weighted by molar-refractivity contribution is 8.00. The minimum Gasteiger partial charge on any atom is -0.480 e. The van der Waals surface area contributed by atoms with Crippen molar-refractivity contribution in [3.8, 4) is 11.1 Å². The molecule has 2 atom stereocenters. The van der Waals surface area contributed by atoms with Crippen molar-refractivity contribution in [1.82, 2.24) is 10.2 Å². The SMILES string of the molecule is O=C(O)[C@H](CSC(c1ccccc1)(c1ccccc1)c1ccccc1)NC(=O)[C@@H]1CCCN1C(=O)OCC1c2ccccc2-c2ccccc21. The number of carboxylic acid groups (broad SMARTS) is 1. The van der Waals surface area contributed by atoms with Crippen molar-refractivity contribution in [2.75, 3.05) is 18.9 Å². The maximum absolute atomic E-state index is 13.8. The molecule has 0 bridgehead atoms. The summed E-state index contributed by atoms with van der Waals surface area (Å²) in [5.41, 5.74) is 7.47. The summed E-state index contributed by atoms with van der Waals surface area (Å²) >= 11 is 1.47. The summed E-state index contributed by atoms with van der Waals surface area (Å²) in [4.78, 5) is 41.4. The van der Waals surface area contributed by atoms with Crippen LogP contribution in [0.2, 0.25) is 0 Å². The molecule has 1 heterocycles. The van der Waals surface area contributed by atoms with Crippen molar-refractivity contribution < 1.29 is 24.2 Å². The Bertz CT molecular complexity index is 1830. The number of thioether (sulfide) groups is 1. The molecule has 50 heavy (non-hydrogen) atoms. The van der Waals surface area contributed by atoms with E-state index >= 15 is 0 Å². The Labute approximate surface area is 296 Å². The molecule has 8 heteroatoms. The van der Waals surface area contributed by atoms with Crippen molar-refractivity contribution in [2.45, 2.75) is 35.6 Å². The molecule has 0 saturated carbocycles. The molecule has 252 valence electrons. The molecule has 2 N–H and O–H groups in total. The Kier molecular flexibility index (Phi) is 9.72. The molecule has 5 aromatic rings. The highest BCUT2D eigenvalue weighted by Crippen LogP contribution is 2.49. The molecule has 2 aliphatic rings. The van der Waals surface area contributed by atoms with Gasteiger partial charge in [-0.2, -0.15) is 0 Å². The Morgan fingerprint density at radius 1 is 0.740 bits per heavy atom. The first kappa shape index (κ1) is 33.2. The van der Waals surface area contributed by atoms with Gasteiger partial charge in [-0.25, -0.2) is 9.59 Å². The number of fused-ring (bicyclic) bond motifs is 3. The van der Waals surface area contributed by atoms with Crippen LogP contribution in [0.3, 0.4) is 0 Å². The number of carbonyl (C=O) groups is 3. The van der Waals surface area contributed by atoms with E-state index in [1.165, 1.54) is 16.7 Å². The number of ether oxygens (including phenoxy) is 1. The topological polar surface area (TPSA) is 95.9 Å². The molecule has 0 aromatic heterocycles. The van der Waals surface area contributed by atoms with Crippen molar-refractivity contribution in [1.29, 1.82) is 0 Å². The Hall–Kier alpha value is -5.34. The summed E-state index contributed by atoms with van der Waals surface area (Å²) in [6, 6.07) is 44.3. The zero-order valence-electron chi connectivity index (χ0n) is 27.5. The Morgan fingerprint density at radius 3 is 1.72 bits per heavy atom. The molecule has 7 rings (SSSR count). The highest BCUT2D eigenvalue weighted by Gasteiger charge is 2.41. The van der Waals surface area contributed by atoms with E-state index in [1.807, 2.05) is 115 Å². The van der Waals surface area contributed by atoms with E-state index in [1.54, 1.807) is 0 Å². The van der Waals surface area contributed by atoms with Gasteiger partial charge in [-0.1, -0.05) is 140 Å². The Morgan fingerprint density at radius 2 is 1.22 bits per heavy atom.